The largest absolute Gasteiger partial charge is 0.289 e. The molecule has 0 bridgehead atoms. The standard InChI is InChI=1S/C32H44N2/c1-7-27(3)25-33(5)31(21-19-29-15-11-9-12-16-29)23-24-32(34(6)26-28(4)8-2)22-20-30-17-13-10-14-18-30/h7-18,31-32H,19-22,25-26H2,1-6H3/b27-7-,28-8+. The SMILES string of the molecule is C/C=C(/C)CN(C)C(C#CC(CCc1ccccc1)N(C)C/C(C)=C/C)CCc1ccccc1. The highest BCUT2D eigenvalue weighted by atomic mass is 15.1. The van der Waals surface area contributed by atoms with Crippen LogP contribution in [-0.4, -0.2) is 49.1 Å². The summed E-state index contributed by atoms with van der Waals surface area (Å²) in [5.41, 5.74) is 5.53. The maximum atomic E-state index is 3.72. The van der Waals surface area contributed by atoms with E-state index in [9.17, 15) is 0 Å². The first-order valence-corrected chi connectivity index (χ1v) is 12.7. The molecule has 182 valence electrons. The Morgan fingerprint density at radius 3 is 1.35 bits per heavy atom. The van der Waals surface area contributed by atoms with Crippen molar-refractivity contribution in [3.8, 4) is 11.8 Å². The normalized spacial score (nSPS) is 14.1. The Labute approximate surface area is 209 Å². The van der Waals surface area contributed by atoms with E-state index in [1.54, 1.807) is 0 Å². The lowest BCUT2D eigenvalue weighted by atomic mass is 10.0. The van der Waals surface area contributed by atoms with Crippen molar-refractivity contribution in [2.45, 2.75) is 65.5 Å². The molecule has 2 rings (SSSR count). The average Bonchev–Trinajstić information content (AvgIpc) is 2.86. The highest BCUT2D eigenvalue weighted by Gasteiger charge is 2.16. The lowest BCUT2D eigenvalue weighted by molar-refractivity contribution is 0.291. The number of likely N-dealkylation sites (N-methyl/N-ethyl adjacent to an activating group) is 2. The van der Waals surface area contributed by atoms with Crippen LogP contribution in [0, 0.1) is 11.8 Å². The summed E-state index contributed by atoms with van der Waals surface area (Å²) in [5, 5.41) is 0. The van der Waals surface area contributed by atoms with Crippen LogP contribution in [-0.2, 0) is 12.8 Å². The molecule has 0 spiro atoms. The smallest absolute Gasteiger partial charge is 0.0718 e. The van der Waals surface area contributed by atoms with Gasteiger partial charge in [0.2, 0.25) is 0 Å². The van der Waals surface area contributed by atoms with Gasteiger partial charge in [0.05, 0.1) is 12.1 Å². The molecule has 0 saturated heterocycles. The highest BCUT2D eigenvalue weighted by molar-refractivity contribution is 5.20. The van der Waals surface area contributed by atoms with Gasteiger partial charge in [0, 0.05) is 13.1 Å². The number of hydrogen-bond acceptors (Lipinski definition) is 2. The third-order valence-corrected chi connectivity index (χ3v) is 6.56. The van der Waals surface area contributed by atoms with Crippen LogP contribution >= 0.6 is 0 Å². The minimum Gasteiger partial charge on any atom is -0.289 e. The molecule has 2 nitrogen and oxygen atoms in total. The fourth-order valence-corrected chi connectivity index (χ4v) is 4.08. The van der Waals surface area contributed by atoms with Crippen LogP contribution in [0.3, 0.4) is 0 Å². The van der Waals surface area contributed by atoms with E-state index in [2.05, 4.69) is 136 Å². The molecular formula is C32H44N2. The van der Waals surface area contributed by atoms with Crippen LogP contribution in [0.1, 0.15) is 51.7 Å². The minimum atomic E-state index is 0.227. The Hall–Kier alpha value is -2.60. The van der Waals surface area contributed by atoms with Crippen LogP contribution in [0.4, 0.5) is 0 Å². The second-order valence-electron chi connectivity index (χ2n) is 9.47. The van der Waals surface area contributed by atoms with Crippen molar-refractivity contribution in [3.05, 3.63) is 95.1 Å². The van der Waals surface area contributed by atoms with Crippen LogP contribution in [0.5, 0.6) is 0 Å². The van der Waals surface area contributed by atoms with Crippen molar-refractivity contribution >= 4 is 0 Å². The fraction of sp³-hybridized carbons (Fsp3) is 0.438. The second-order valence-corrected chi connectivity index (χ2v) is 9.47. The molecule has 0 amide bonds. The van der Waals surface area contributed by atoms with E-state index >= 15 is 0 Å². The molecule has 0 radical (unpaired) electrons. The second kappa shape index (κ2) is 15.3. The van der Waals surface area contributed by atoms with Gasteiger partial charge in [0.1, 0.15) is 0 Å². The Kier molecular flexibility index (Phi) is 12.5. The van der Waals surface area contributed by atoms with Gasteiger partial charge in [0.25, 0.3) is 0 Å². The number of nitrogens with zero attached hydrogens (tertiary/aromatic N) is 2. The van der Waals surface area contributed by atoms with Gasteiger partial charge in [-0.2, -0.15) is 0 Å². The van der Waals surface area contributed by atoms with E-state index in [0.717, 1.165) is 38.8 Å². The molecule has 0 saturated carbocycles. The summed E-state index contributed by atoms with van der Waals surface area (Å²) in [4.78, 5) is 4.83. The zero-order chi connectivity index (χ0) is 24.8. The van der Waals surface area contributed by atoms with E-state index in [4.69, 9.17) is 0 Å². The van der Waals surface area contributed by atoms with Crippen LogP contribution in [0.2, 0.25) is 0 Å². The summed E-state index contributed by atoms with van der Waals surface area (Å²) >= 11 is 0. The van der Waals surface area contributed by atoms with Crippen LogP contribution in [0.25, 0.3) is 0 Å². The number of aryl methyl sites for hydroxylation is 2. The lowest BCUT2D eigenvalue weighted by Crippen LogP contribution is -2.35. The molecule has 0 aromatic heterocycles. The third kappa shape index (κ3) is 10.1. The van der Waals surface area contributed by atoms with E-state index in [1.165, 1.54) is 22.3 Å². The zero-order valence-corrected chi connectivity index (χ0v) is 22.2. The van der Waals surface area contributed by atoms with Crippen molar-refractivity contribution < 1.29 is 0 Å². The molecule has 2 aromatic rings. The Balaban J connectivity index is 2.22. The monoisotopic (exact) mass is 456 g/mol. The maximum Gasteiger partial charge on any atom is 0.0718 e. The molecule has 2 unspecified atom stereocenters. The van der Waals surface area contributed by atoms with Gasteiger partial charge in [-0.1, -0.05) is 95.8 Å². The van der Waals surface area contributed by atoms with E-state index < -0.39 is 0 Å². The molecule has 0 N–H and O–H groups in total. The summed E-state index contributed by atoms with van der Waals surface area (Å²) in [6.07, 6.45) is 8.56. The molecule has 2 aromatic carbocycles. The predicted molar refractivity (Wildman–Crippen MR) is 149 cm³/mol. The molecular weight excluding hydrogens is 412 g/mol. The van der Waals surface area contributed by atoms with Gasteiger partial charge < -0.3 is 0 Å². The van der Waals surface area contributed by atoms with Crippen LogP contribution < -0.4 is 0 Å². The zero-order valence-electron chi connectivity index (χ0n) is 22.2. The van der Waals surface area contributed by atoms with Gasteiger partial charge in [-0.05, 0) is 78.6 Å². The molecule has 2 heteroatoms. The number of benzene rings is 2. The van der Waals surface area contributed by atoms with Crippen molar-refractivity contribution in [1.29, 1.82) is 0 Å². The first kappa shape index (κ1) is 27.6. The van der Waals surface area contributed by atoms with Gasteiger partial charge >= 0.3 is 0 Å². The van der Waals surface area contributed by atoms with Gasteiger partial charge in [-0.25, -0.2) is 0 Å². The highest BCUT2D eigenvalue weighted by Crippen LogP contribution is 2.13. The summed E-state index contributed by atoms with van der Waals surface area (Å²) in [6, 6.07) is 22.0. The summed E-state index contributed by atoms with van der Waals surface area (Å²) in [7, 11) is 4.42. The first-order chi connectivity index (χ1) is 16.4. The molecule has 0 fully saturated rings. The fourth-order valence-electron chi connectivity index (χ4n) is 4.08. The lowest BCUT2D eigenvalue weighted by Gasteiger charge is -2.27. The maximum absolute atomic E-state index is 3.72. The van der Waals surface area contributed by atoms with Crippen molar-refractivity contribution in [2.75, 3.05) is 27.2 Å². The van der Waals surface area contributed by atoms with Gasteiger partial charge in [0.15, 0.2) is 0 Å². The number of hydrogen-bond donors (Lipinski definition) is 0. The van der Waals surface area contributed by atoms with E-state index in [1.807, 2.05) is 0 Å². The molecule has 0 aliphatic heterocycles. The summed E-state index contributed by atoms with van der Waals surface area (Å²) < 4.78 is 0. The minimum absolute atomic E-state index is 0.227. The molecule has 0 aliphatic carbocycles. The Morgan fingerprint density at radius 2 is 1.03 bits per heavy atom. The molecule has 34 heavy (non-hydrogen) atoms. The van der Waals surface area contributed by atoms with E-state index in [-0.39, 0.29) is 12.1 Å². The van der Waals surface area contributed by atoms with E-state index in [0.29, 0.717) is 0 Å². The Morgan fingerprint density at radius 1 is 0.676 bits per heavy atom. The number of allylic oxidation sites excluding steroid dienone is 2. The number of rotatable bonds is 12. The summed E-state index contributed by atoms with van der Waals surface area (Å²) in [5.74, 6) is 7.43. The topological polar surface area (TPSA) is 6.48 Å². The van der Waals surface area contributed by atoms with Crippen molar-refractivity contribution in [3.63, 3.8) is 0 Å². The van der Waals surface area contributed by atoms with Gasteiger partial charge in [-0.3, -0.25) is 9.80 Å². The average molecular weight is 457 g/mol. The molecule has 2 atom stereocenters. The van der Waals surface area contributed by atoms with Crippen molar-refractivity contribution in [2.24, 2.45) is 0 Å². The predicted octanol–water partition coefficient (Wildman–Crippen LogP) is 6.79. The van der Waals surface area contributed by atoms with Crippen LogP contribution in [0.15, 0.2) is 84.0 Å². The Bertz CT molecular complexity index is 869. The van der Waals surface area contributed by atoms with Gasteiger partial charge in [-0.15, -0.1) is 0 Å². The first-order valence-electron chi connectivity index (χ1n) is 12.7. The quantitative estimate of drug-likeness (QED) is 0.256. The van der Waals surface area contributed by atoms with Crippen molar-refractivity contribution in [1.82, 2.24) is 9.80 Å². The third-order valence-electron chi connectivity index (χ3n) is 6.56. The molecule has 0 heterocycles. The summed E-state index contributed by atoms with van der Waals surface area (Å²) in [6.45, 7) is 10.5. The molecule has 0 aliphatic rings.